The molecule has 1 aliphatic heterocycles. The van der Waals surface area contributed by atoms with Gasteiger partial charge in [0.15, 0.2) is 5.82 Å². The van der Waals surface area contributed by atoms with Crippen molar-refractivity contribution in [1.29, 1.82) is 0 Å². The monoisotopic (exact) mass is 486 g/mol. The molecule has 6 rings (SSSR count). The molecule has 1 aliphatic rings. The van der Waals surface area contributed by atoms with Crippen LogP contribution in [0, 0.1) is 0 Å². The zero-order chi connectivity index (χ0) is 23.1. The third-order valence-corrected chi connectivity index (χ3v) is 7.17. The van der Waals surface area contributed by atoms with E-state index in [2.05, 4.69) is 75.0 Å². The fraction of sp³-hybridized carbons (Fsp3) is 0.179. The van der Waals surface area contributed by atoms with Gasteiger partial charge in [-0.15, -0.1) is 0 Å². The van der Waals surface area contributed by atoms with Gasteiger partial charge >= 0.3 is 0 Å². The lowest BCUT2D eigenvalue weighted by Gasteiger charge is -2.40. The van der Waals surface area contributed by atoms with Crippen molar-refractivity contribution < 1.29 is 0 Å². The third kappa shape index (κ3) is 3.92. The van der Waals surface area contributed by atoms with Crippen LogP contribution < -0.4 is 4.90 Å². The van der Waals surface area contributed by atoms with Crippen molar-refractivity contribution in [2.24, 2.45) is 0 Å². The molecule has 1 atom stereocenters. The summed E-state index contributed by atoms with van der Waals surface area (Å²) in [7, 11) is 0. The molecule has 0 spiro atoms. The van der Waals surface area contributed by atoms with Crippen LogP contribution in [0.1, 0.15) is 17.2 Å². The average molecular weight is 487 g/mol. The maximum absolute atomic E-state index is 6.27. The summed E-state index contributed by atoms with van der Waals surface area (Å²) in [6.07, 6.45) is 2.08. The van der Waals surface area contributed by atoms with Gasteiger partial charge in [0.05, 0.1) is 22.6 Å². The predicted molar refractivity (Wildman–Crippen MR) is 141 cm³/mol. The molecule has 0 amide bonds. The number of anilines is 1. The van der Waals surface area contributed by atoms with E-state index in [0.29, 0.717) is 0 Å². The molecule has 0 saturated carbocycles. The number of nitrogens with zero attached hydrogens (tertiary/aromatic N) is 4. The number of piperazine rings is 1. The van der Waals surface area contributed by atoms with Crippen molar-refractivity contribution in [2.45, 2.75) is 6.04 Å². The van der Waals surface area contributed by atoms with Gasteiger partial charge < -0.3 is 9.30 Å². The van der Waals surface area contributed by atoms with Gasteiger partial charge in [0.25, 0.3) is 0 Å². The first-order valence-corrected chi connectivity index (χ1v) is 12.3. The second kappa shape index (κ2) is 8.95. The van der Waals surface area contributed by atoms with Crippen molar-refractivity contribution in [3.8, 4) is 0 Å². The first-order chi connectivity index (χ1) is 16.7. The molecule has 6 heteroatoms. The van der Waals surface area contributed by atoms with Gasteiger partial charge in [-0.25, -0.2) is 4.98 Å². The Morgan fingerprint density at radius 2 is 1.38 bits per heavy atom. The van der Waals surface area contributed by atoms with E-state index in [0.717, 1.165) is 58.6 Å². The number of hydrogen-bond acceptors (Lipinski definition) is 3. The molecule has 0 bridgehead atoms. The standard InChI is InChI=1S/C28H24Cl2N4/c29-22-10-8-21(9-11-22)27(20-5-2-1-3-6-20)32-15-17-33(18-16-32)28-25-7-4-14-34(25)26-19-23(30)12-13-24(26)31-28/h1-14,19,27H,15-18H2. The second-order valence-corrected chi connectivity index (χ2v) is 9.59. The average Bonchev–Trinajstić information content (AvgIpc) is 3.37. The summed E-state index contributed by atoms with van der Waals surface area (Å²) in [5.74, 6) is 1.03. The number of aromatic nitrogens is 2. The molecule has 2 aromatic heterocycles. The van der Waals surface area contributed by atoms with Crippen molar-refractivity contribution in [3.63, 3.8) is 0 Å². The van der Waals surface area contributed by atoms with E-state index < -0.39 is 0 Å². The summed E-state index contributed by atoms with van der Waals surface area (Å²) in [5.41, 5.74) is 5.66. The number of rotatable bonds is 4. The van der Waals surface area contributed by atoms with Gasteiger partial charge in [-0.2, -0.15) is 0 Å². The largest absolute Gasteiger partial charge is 0.352 e. The third-order valence-electron chi connectivity index (χ3n) is 6.68. The van der Waals surface area contributed by atoms with Crippen LogP contribution in [-0.4, -0.2) is 40.5 Å². The molecule has 4 nitrogen and oxygen atoms in total. The summed E-state index contributed by atoms with van der Waals surface area (Å²) in [6, 6.07) is 29.3. The van der Waals surface area contributed by atoms with Gasteiger partial charge in [-0.1, -0.05) is 65.7 Å². The minimum atomic E-state index is 0.195. The maximum Gasteiger partial charge on any atom is 0.153 e. The Morgan fingerprint density at radius 3 is 2.15 bits per heavy atom. The van der Waals surface area contributed by atoms with Gasteiger partial charge in [0.1, 0.15) is 0 Å². The molecular formula is C28H24Cl2N4. The van der Waals surface area contributed by atoms with E-state index in [1.165, 1.54) is 11.1 Å². The van der Waals surface area contributed by atoms with E-state index in [1.807, 2.05) is 30.3 Å². The molecule has 1 fully saturated rings. The Kier molecular flexibility index (Phi) is 5.66. The summed E-state index contributed by atoms with van der Waals surface area (Å²) in [6.45, 7) is 3.69. The normalized spacial score (nSPS) is 15.8. The van der Waals surface area contributed by atoms with Crippen molar-refractivity contribution in [2.75, 3.05) is 31.1 Å². The first kappa shape index (κ1) is 21.5. The second-order valence-electron chi connectivity index (χ2n) is 8.72. The zero-order valence-corrected chi connectivity index (χ0v) is 20.1. The number of halogens is 2. The molecule has 1 unspecified atom stereocenters. The Labute approximate surface area is 209 Å². The number of hydrogen-bond donors (Lipinski definition) is 0. The van der Waals surface area contributed by atoms with Crippen LogP contribution in [-0.2, 0) is 0 Å². The molecule has 34 heavy (non-hydrogen) atoms. The van der Waals surface area contributed by atoms with E-state index >= 15 is 0 Å². The van der Waals surface area contributed by atoms with Crippen LogP contribution in [0.25, 0.3) is 16.6 Å². The Balaban J connectivity index is 1.31. The van der Waals surface area contributed by atoms with Crippen LogP contribution >= 0.6 is 23.2 Å². The van der Waals surface area contributed by atoms with E-state index in [1.54, 1.807) is 0 Å². The SMILES string of the molecule is Clc1ccc(C(c2ccccc2)N2CCN(c3nc4ccc(Cl)cc4n4cccc34)CC2)cc1. The Hall–Kier alpha value is -3.05. The Bertz CT molecular complexity index is 1440. The molecule has 0 N–H and O–H groups in total. The summed E-state index contributed by atoms with van der Waals surface area (Å²) >= 11 is 12.5. The highest BCUT2D eigenvalue weighted by molar-refractivity contribution is 6.31. The quantitative estimate of drug-likeness (QED) is 0.282. The molecule has 0 radical (unpaired) electrons. The van der Waals surface area contributed by atoms with E-state index in [9.17, 15) is 0 Å². The summed E-state index contributed by atoms with van der Waals surface area (Å²) < 4.78 is 2.19. The minimum absolute atomic E-state index is 0.195. The van der Waals surface area contributed by atoms with Gasteiger partial charge in [0, 0.05) is 42.4 Å². The fourth-order valence-electron chi connectivity index (χ4n) is 5.05. The highest BCUT2D eigenvalue weighted by Gasteiger charge is 2.28. The van der Waals surface area contributed by atoms with Gasteiger partial charge in [-0.05, 0) is 53.6 Å². The van der Waals surface area contributed by atoms with Gasteiger partial charge in [-0.3, -0.25) is 4.90 Å². The minimum Gasteiger partial charge on any atom is -0.352 e. The first-order valence-electron chi connectivity index (χ1n) is 11.5. The smallest absolute Gasteiger partial charge is 0.153 e. The van der Waals surface area contributed by atoms with E-state index in [4.69, 9.17) is 28.2 Å². The summed E-state index contributed by atoms with van der Waals surface area (Å²) in [4.78, 5) is 10.0. The summed E-state index contributed by atoms with van der Waals surface area (Å²) in [5, 5.41) is 1.49. The van der Waals surface area contributed by atoms with Crippen molar-refractivity contribution >= 4 is 45.6 Å². The maximum atomic E-state index is 6.27. The molecule has 3 aromatic carbocycles. The molecule has 0 aliphatic carbocycles. The van der Waals surface area contributed by atoms with Crippen LogP contribution in [0.2, 0.25) is 10.0 Å². The van der Waals surface area contributed by atoms with E-state index in [-0.39, 0.29) is 6.04 Å². The molecule has 3 heterocycles. The van der Waals surface area contributed by atoms with Crippen LogP contribution in [0.15, 0.2) is 91.1 Å². The molecule has 170 valence electrons. The Morgan fingerprint density at radius 1 is 0.676 bits per heavy atom. The highest BCUT2D eigenvalue weighted by atomic mass is 35.5. The van der Waals surface area contributed by atoms with Crippen molar-refractivity contribution in [1.82, 2.24) is 14.3 Å². The van der Waals surface area contributed by atoms with Crippen LogP contribution in [0.4, 0.5) is 5.82 Å². The van der Waals surface area contributed by atoms with Crippen LogP contribution in [0.3, 0.4) is 0 Å². The molecular weight excluding hydrogens is 463 g/mol. The highest BCUT2D eigenvalue weighted by Crippen LogP contribution is 2.32. The van der Waals surface area contributed by atoms with Gasteiger partial charge in [0.2, 0.25) is 0 Å². The lowest BCUT2D eigenvalue weighted by Crippen LogP contribution is -2.48. The lowest BCUT2D eigenvalue weighted by atomic mass is 9.96. The van der Waals surface area contributed by atoms with Crippen LogP contribution in [0.5, 0.6) is 0 Å². The predicted octanol–water partition coefficient (Wildman–Crippen LogP) is 6.71. The lowest BCUT2D eigenvalue weighted by molar-refractivity contribution is 0.212. The fourth-order valence-corrected chi connectivity index (χ4v) is 5.34. The molecule has 5 aromatic rings. The van der Waals surface area contributed by atoms with Crippen molar-refractivity contribution in [3.05, 3.63) is 112 Å². The number of fused-ring (bicyclic) bond motifs is 3. The zero-order valence-electron chi connectivity index (χ0n) is 18.6. The topological polar surface area (TPSA) is 23.8 Å². The molecule has 1 saturated heterocycles. The number of benzene rings is 3.